The minimum atomic E-state index is -1.07. The fourth-order valence-electron chi connectivity index (χ4n) is 1.70. The number of hydrogen-bond donors (Lipinski definition) is 4. The third-order valence-corrected chi connectivity index (χ3v) is 2.91. The molecular formula is C15H19N3O5. The molecule has 124 valence electrons. The van der Waals surface area contributed by atoms with Gasteiger partial charge in [-0.25, -0.2) is 4.79 Å². The number of aliphatic carboxylic acids is 1. The zero-order valence-electron chi connectivity index (χ0n) is 12.8. The van der Waals surface area contributed by atoms with E-state index in [1.54, 1.807) is 12.1 Å². The Bertz CT molecular complexity index is 769. The van der Waals surface area contributed by atoms with Crippen molar-refractivity contribution < 1.29 is 19.1 Å². The van der Waals surface area contributed by atoms with Gasteiger partial charge in [0.1, 0.15) is 11.6 Å². The van der Waals surface area contributed by atoms with E-state index < -0.39 is 17.9 Å². The average molecular weight is 321 g/mol. The summed E-state index contributed by atoms with van der Waals surface area (Å²) >= 11 is 0. The Kier molecular flexibility index (Phi) is 6.28. The Morgan fingerprint density at radius 1 is 1.35 bits per heavy atom. The van der Waals surface area contributed by atoms with Gasteiger partial charge in [0.15, 0.2) is 0 Å². The van der Waals surface area contributed by atoms with Crippen molar-refractivity contribution in [1.82, 2.24) is 5.32 Å². The van der Waals surface area contributed by atoms with Crippen LogP contribution in [-0.2, 0) is 9.59 Å². The summed E-state index contributed by atoms with van der Waals surface area (Å²) in [5.41, 5.74) is 12.2. The molecule has 8 nitrogen and oxygen atoms in total. The smallest absolute Gasteiger partial charge is 0.336 e. The van der Waals surface area contributed by atoms with Crippen molar-refractivity contribution >= 4 is 28.5 Å². The van der Waals surface area contributed by atoms with Crippen molar-refractivity contribution in [2.24, 2.45) is 5.73 Å². The molecule has 1 aromatic heterocycles. The standard InChI is InChI=1S/C10H9NO2.C5H10N2O3/c1-6-4-10(12)13-9-5-7(11)2-3-8(6)9;1-3(5(9)10)7-4(8)2-6/h2-5H,11H2,1H3;3H,2,6H2,1H3,(H,7,8)(H,9,10)/t;3-/m.0/s1. The van der Waals surface area contributed by atoms with E-state index >= 15 is 0 Å². The second-order valence-electron chi connectivity index (χ2n) is 4.84. The van der Waals surface area contributed by atoms with Crippen LogP contribution in [0.25, 0.3) is 11.0 Å². The summed E-state index contributed by atoms with van der Waals surface area (Å²) in [7, 11) is 0. The molecule has 23 heavy (non-hydrogen) atoms. The van der Waals surface area contributed by atoms with E-state index in [9.17, 15) is 14.4 Å². The van der Waals surface area contributed by atoms with Crippen LogP contribution in [0.2, 0.25) is 0 Å². The van der Waals surface area contributed by atoms with Crippen molar-refractivity contribution in [3.8, 4) is 0 Å². The highest BCUT2D eigenvalue weighted by atomic mass is 16.4. The third-order valence-electron chi connectivity index (χ3n) is 2.91. The highest BCUT2D eigenvalue weighted by molar-refractivity contribution is 5.84. The summed E-state index contributed by atoms with van der Waals surface area (Å²) in [5, 5.41) is 11.4. The van der Waals surface area contributed by atoms with Crippen molar-refractivity contribution in [2.45, 2.75) is 19.9 Å². The zero-order valence-corrected chi connectivity index (χ0v) is 12.8. The summed E-state index contributed by atoms with van der Waals surface area (Å²) in [6.45, 7) is 3.06. The number of carboxylic acid groups (broad SMARTS) is 1. The average Bonchev–Trinajstić information content (AvgIpc) is 2.46. The predicted molar refractivity (Wildman–Crippen MR) is 85.9 cm³/mol. The number of carbonyl (C=O) groups excluding carboxylic acids is 1. The number of nitrogens with two attached hydrogens (primary N) is 2. The summed E-state index contributed by atoms with van der Waals surface area (Å²) in [4.78, 5) is 31.5. The number of nitrogens with one attached hydrogen (secondary N) is 1. The number of fused-ring (bicyclic) bond motifs is 1. The highest BCUT2D eigenvalue weighted by Gasteiger charge is 2.11. The number of benzene rings is 1. The molecule has 1 aromatic carbocycles. The zero-order chi connectivity index (χ0) is 17.6. The Labute approximate surface area is 132 Å². The minimum Gasteiger partial charge on any atom is -0.480 e. The molecule has 0 bridgehead atoms. The summed E-state index contributed by atoms with van der Waals surface area (Å²) in [6.07, 6.45) is 0. The van der Waals surface area contributed by atoms with Crippen LogP contribution in [0.3, 0.4) is 0 Å². The van der Waals surface area contributed by atoms with Crippen LogP contribution in [0.5, 0.6) is 0 Å². The van der Waals surface area contributed by atoms with Gasteiger partial charge in [-0.2, -0.15) is 0 Å². The van der Waals surface area contributed by atoms with Gasteiger partial charge in [0.2, 0.25) is 5.91 Å². The first-order chi connectivity index (χ1) is 10.7. The van der Waals surface area contributed by atoms with Crippen LogP contribution in [0, 0.1) is 6.92 Å². The number of carboxylic acids is 1. The lowest BCUT2D eigenvalue weighted by Gasteiger charge is -2.06. The van der Waals surface area contributed by atoms with E-state index in [1.807, 2.05) is 13.0 Å². The van der Waals surface area contributed by atoms with E-state index in [0.29, 0.717) is 11.3 Å². The maximum absolute atomic E-state index is 11.0. The Balaban J connectivity index is 0.000000241. The van der Waals surface area contributed by atoms with Gasteiger partial charge in [-0.3, -0.25) is 9.59 Å². The van der Waals surface area contributed by atoms with E-state index in [1.165, 1.54) is 13.0 Å². The Hall–Kier alpha value is -2.87. The van der Waals surface area contributed by atoms with Crippen molar-refractivity contribution in [3.05, 3.63) is 40.2 Å². The van der Waals surface area contributed by atoms with Gasteiger partial charge >= 0.3 is 11.6 Å². The van der Waals surface area contributed by atoms with Gasteiger partial charge in [0.25, 0.3) is 0 Å². The van der Waals surface area contributed by atoms with Crippen LogP contribution in [0.4, 0.5) is 5.69 Å². The summed E-state index contributed by atoms with van der Waals surface area (Å²) < 4.78 is 4.99. The molecule has 0 unspecified atom stereocenters. The van der Waals surface area contributed by atoms with Gasteiger partial charge in [0, 0.05) is 23.2 Å². The van der Waals surface area contributed by atoms with E-state index in [-0.39, 0.29) is 12.2 Å². The molecule has 8 heteroatoms. The molecule has 2 aromatic rings. The SMILES string of the molecule is C[C@H](NC(=O)CN)C(=O)O.Cc1cc(=O)oc2cc(N)ccc12. The van der Waals surface area contributed by atoms with Crippen LogP contribution in [0.1, 0.15) is 12.5 Å². The van der Waals surface area contributed by atoms with Gasteiger partial charge < -0.3 is 26.3 Å². The van der Waals surface area contributed by atoms with Crippen molar-refractivity contribution in [2.75, 3.05) is 12.3 Å². The fourth-order valence-corrected chi connectivity index (χ4v) is 1.70. The maximum atomic E-state index is 11.0. The van der Waals surface area contributed by atoms with Crippen LogP contribution in [0.15, 0.2) is 33.5 Å². The lowest BCUT2D eigenvalue weighted by Crippen LogP contribution is -2.41. The first kappa shape index (κ1) is 18.2. The molecule has 0 fully saturated rings. The summed E-state index contributed by atoms with van der Waals surface area (Å²) in [6, 6.07) is 5.90. The van der Waals surface area contributed by atoms with Gasteiger partial charge in [0.05, 0.1) is 6.54 Å². The number of amides is 1. The van der Waals surface area contributed by atoms with Crippen molar-refractivity contribution in [3.63, 3.8) is 0 Å². The van der Waals surface area contributed by atoms with E-state index in [0.717, 1.165) is 10.9 Å². The molecule has 6 N–H and O–H groups in total. The molecule has 0 aliphatic heterocycles. The molecular weight excluding hydrogens is 302 g/mol. The summed E-state index contributed by atoms with van der Waals surface area (Å²) in [5.74, 6) is -1.53. The minimum absolute atomic E-state index is 0.183. The first-order valence-electron chi connectivity index (χ1n) is 6.76. The number of anilines is 1. The van der Waals surface area contributed by atoms with Crippen LogP contribution < -0.4 is 22.4 Å². The number of nitrogen functional groups attached to an aromatic ring is 1. The molecule has 0 spiro atoms. The normalized spacial score (nSPS) is 11.3. The number of aryl methyl sites for hydroxylation is 1. The number of hydrogen-bond acceptors (Lipinski definition) is 6. The molecule has 0 saturated heterocycles. The first-order valence-corrected chi connectivity index (χ1v) is 6.76. The monoisotopic (exact) mass is 321 g/mol. The van der Waals surface area contributed by atoms with E-state index in [2.05, 4.69) is 5.32 Å². The molecule has 1 heterocycles. The topological polar surface area (TPSA) is 149 Å². The highest BCUT2D eigenvalue weighted by Crippen LogP contribution is 2.18. The molecule has 0 radical (unpaired) electrons. The quantitative estimate of drug-likeness (QED) is 0.466. The second kappa shape index (κ2) is 7.95. The van der Waals surface area contributed by atoms with Gasteiger partial charge in [-0.1, -0.05) is 0 Å². The molecule has 0 aliphatic carbocycles. The fraction of sp³-hybridized carbons (Fsp3) is 0.267. The van der Waals surface area contributed by atoms with Crippen LogP contribution in [-0.4, -0.2) is 29.6 Å². The number of carbonyl (C=O) groups is 2. The Morgan fingerprint density at radius 2 is 2.00 bits per heavy atom. The molecule has 0 saturated carbocycles. The third kappa shape index (κ3) is 5.44. The molecule has 0 aliphatic rings. The molecule has 1 amide bonds. The van der Waals surface area contributed by atoms with Crippen molar-refractivity contribution in [1.29, 1.82) is 0 Å². The largest absolute Gasteiger partial charge is 0.480 e. The Morgan fingerprint density at radius 3 is 2.57 bits per heavy atom. The van der Waals surface area contributed by atoms with Gasteiger partial charge in [-0.05, 0) is 31.5 Å². The predicted octanol–water partition coefficient (Wildman–Crippen LogP) is 0.218. The number of rotatable bonds is 3. The van der Waals surface area contributed by atoms with E-state index in [4.69, 9.17) is 21.0 Å². The second-order valence-corrected chi connectivity index (χ2v) is 4.84. The lowest BCUT2D eigenvalue weighted by molar-refractivity contribution is -0.141. The van der Waals surface area contributed by atoms with Gasteiger partial charge in [-0.15, -0.1) is 0 Å². The molecule has 1 atom stereocenters. The maximum Gasteiger partial charge on any atom is 0.336 e. The lowest BCUT2D eigenvalue weighted by atomic mass is 10.1. The molecule has 2 rings (SSSR count). The van der Waals surface area contributed by atoms with Crippen LogP contribution >= 0.6 is 0 Å².